The molecule has 2 saturated heterocycles. The van der Waals surface area contributed by atoms with E-state index in [-0.39, 0.29) is 30.1 Å². The van der Waals surface area contributed by atoms with E-state index in [4.69, 9.17) is 0 Å². The third-order valence-electron chi connectivity index (χ3n) is 4.34. The van der Waals surface area contributed by atoms with Gasteiger partial charge in [-0.3, -0.25) is 14.5 Å². The van der Waals surface area contributed by atoms with Crippen molar-refractivity contribution in [2.45, 2.75) is 32.2 Å². The Kier molecular flexibility index (Phi) is 3.76. The molecule has 21 heavy (non-hydrogen) atoms. The number of halogens is 1. The average Bonchev–Trinajstić information content (AvgIpc) is 2.75. The lowest BCUT2D eigenvalue weighted by atomic mass is 9.98. The van der Waals surface area contributed by atoms with Crippen molar-refractivity contribution in [3.63, 3.8) is 0 Å². The van der Waals surface area contributed by atoms with Gasteiger partial charge in [-0.1, -0.05) is 6.92 Å². The van der Waals surface area contributed by atoms with Gasteiger partial charge in [0.2, 0.25) is 5.91 Å². The Hall–Kier alpha value is -1.75. The number of anilines is 1. The van der Waals surface area contributed by atoms with Gasteiger partial charge in [0.15, 0.2) is 0 Å². The predicted octanol–water partition coefficient (Wildman–Crippen LogP) is 2.19. The second-order valence-electron chi connectivity index (χ2n) is 6.01. The highest BCUT2D eigenvalue weighted by Gasteiger charge is 2.43. The second-order valence-corrected chi connectivity index (χ2v) is 6.01. The van der Waals surface area contributed by atoms with Crippen molar-refractivity contribution < 1.29 is 14.0 Å². The lowest BCUT2D eigenvalue weighted by Crippen LogP contribution is -2.46. The molecule has 2 aliphatic rings. The van der Waals surface area contributed by atoms with Gasteiger partial charge in [0.1, 0.15) is 5.82 Å². The predicted molar refractivity (Wildman–Crippen MR) is 77.3 cm³/mol. The van der Waals surface area contributed by atoms with Crippen LogP contribution in [-0.4, -0.2) is 35.8 Å². The maximum Gasteiger partial charge on any atom is 0.251 e. The van der Waals surface area contributed by atoms with Crippen LogP contribution in [0.2, 0.25) is 0 Å². The Bertz CT molecular complexity index is 558. The first-order valence-electron chi connectivity index (χ1n) is 7.42. The standard InChI is InChI=1S/C16H19FN2O2/c1-11-3-2-8-18(10-11)14-9-15(20)19(16(14)21)13-6-4-12(17)5-7-13/h4-7,11,14H,2-3,8-10H2,1H3. The number of nitrogens with zero attached hydrogens (tertiary/aromatic N) is 2. The summed E-state index contributed by atoms with van der Waals surface area (Å²) in [6, 6.07) is 5.14. The van der Waals surface area contributed by atoms with Gasteiger partial charge in [-0.15, -0.1) is 0 Å². The lowest BCUT2D eigenvalue weighted by Gasteiger charge is -2.34. The Morgan fingerprint density at radius 1 is 1.19 bits per heavy atom. The molecule has 0 aliphatic carbocycles. The maximum atomic E-state index is 13.0. The minimum atomic E-state index is -0.376. The molecule has 0 N–H and O–H groups in total. The largest absolute Gasteiger partial charge is 0.291 e. The van der Waals surface area contributed by atoms with Gasteiger partial charge < -0.3 is 0 Å². The van der Waals surface area contributed by atoms with E-state index in [1.54, 1.807) is 0 Å². The quantitative estimate of drug-likeness (QED) is 0.784. The second kappa shape index (κ2) is 5.56. The molecule has 0 aromatic heterocycles. The van der Waals surface area contributed by atoms with Gasteiger partial charge in [-0.2, -0.15) is 0 Å². The summed E-state index contributed by atoms with van der Waals surface area (Å²) in [4.78, 5) is 28.1. The number of benzene rings is 1. The van der Waals surface area contributed by atoms with Gasteiger partial charge in [-0.05, 0) is 49.6 Å². The molecule has 1 aromatic carbocycles. The minimum absolute atomic E-state index is 0.180. The first-order chi connectivity index (χ1) is 10.1. The van der Waals surface area contributed by atoms with Gasteiger partial charge in [0.05, 0.1) is 18.2 Å². The zero-order valence-corrected chi connectivity index (χ0v) is 12.1. The van der Waals surface area contributed by atoms with Gasteiger partial charge >= 0.3 is 0 Å². The fourth-order valence-electron chi connectivity index (χ4n) is 3.27. The van der Waals surface area contributed by atoms with E-state index in [1.165, 1.54) is 35.6 Å². The molecule has 112 valence electrons. The molecule has 2 amide bonds. The molecule has 0 spiro atoms. The Morgan fingerprint density at radius 3 is 2.57 bits per heavy atom. The number of carbonyl (C=O) groups is 2. The fourth-order valence-corrected chi connectivity index (χ4v) is 3.27. The molecule has 1 aromatic rings. The molecular weight excluding hydrogens is 271 g/mol. The molecule has 5 heteroatoms. The van der Waals surface area contributed by atoms with E-state index in [0.717, 1.165) is 19.5 Å². The van der Waals surface area contributed by atoms with Crippen molar-refractivity contribution >= 4 is 17.5 Å². The van der Waals surface area contributed by atoms with Crippen LogP contribution >= 0.6 is 0 Å². The van der Waals surface area contributed by atoms with Crippen LogP contribution < -0.4 is 4.90 Å². The Balaban J connectivity index is 1.80. The number of imide groups is 1. The van der Waals surface area contributed by atoms with E-state index < -0.39 is 0 Å². The van der Waals surface area contributed by atoms with Crippen LogP contribution in [0.25, 0.3) is 0 Å². The Morgan fingerprint density at radius 2 is 1.90 bits per heavy atom. The number of likely N-dealkylation sites (tertiary alicyclic amines) is 1. The van der Waals surface area contributed by atoms with Crippen molar-refractivity contribution in [1.82, 2.24) is 4.90 Å². The Labute approximate surface area is 123 Å². The molecule has 2 atom stereocenters. The summed E-state index contributed by atoms with van der Waals surface area (Å²) in [7, 11) is 0. The highest BCUT2D eigenvalue weighted by atomic mass is 19.1. The molecule has 0 bridgehead atoms. The highest BCUT2D eigenvalue weighted by Crippen LogP contribution is 2.28. The fraction of sp³-hybridized carbons (Fsp3) is 0.500. The molecule has 4 nitrogen and oxygen atoms in total. The van der Waals surface area contributed by atoms with Crippen molar-refractivity contribution in [1.29, 1.82) is 0 Å². The van der Waals surface area contributed by atoms with Crippen LogP contribution in [-0.2, 0) is 9.59 Å². The number of hydrogen-bond donors (Lipinski definition) is 0. The third kappa shape index (κ3) is 2.70. The molecule has 0 radical (unpaired) electrons. The zero-order valence-electron chi connectivity index (χ0n) is 12.1. The number of piperidine rings is 1. The normalized spacial score (nSPS) is 27.4. The summed E-state index contributed by atoms with van der Waals surface area (Å²) in [5, 5.41) is 0. The average molecular weight is 290 g/mol. The maximum absolute atomic E-state index is 13.0. The van der Waals surface area contributed by atoms with Crippen molar-refractivity contribution in [2.75, 3.05) is 18.0 Å². The summed E-state index contributed by atoms with van der Waals surface area (Å²) in [5.41, 5.74) is 0.457. The van der Waals surface area contributed by atoms with Crippen LogP contribution in [0.5, 0.6) is 0 Å². The third-order valence-corrected chi connectivity index (χ3v) is 4.34. The summed E-state index contributed by atoms with van der Waals surface area (Å²) < 4.78 is 13.0. The number of amides is 2. The molecule has 2 fully saturated rings. The number of carbonyl (C=O) groups excluding carboxylic acids is 2. The van der Waals surface area contributed by atoms with Gasteiger partial charge in [0, 0.05) is 6.54 Å². The summed E-state index contributed by atoms with van der Waals surface area (Å²) in [6.45, 7) is 3.90. The van der Waals surface area contributed by atoms with E-state index in [2.05, 4.69) is 11.8 Å². The van der Waals surface area contributed by atoms with E-state index >= 15 is 0 Å². The molecular formula is C16H19FN2O2. The molecule has 2 heterocycles. The van der Waals surface area contributed by atoms with Crippen LogP contribution in [0.1, 0.15) is 26.2 Å². The lowest BCUT2D eigenvalue weighted by molar-refractivity contribution is -0.123. The van der Waals surface area contributed by atoms with E-state index in [1.807, 2.05) is 0 Å². The molecule has 0 saturated carbocycles. The first kappa shape index (κ1) is 14.2. The van der Waals surface area contributed by atoms with Crippen molar-refractivity contribution in [3.05, 3.63) is 30.1 Å². The number of hydrogen-bond acceptors (Lipinski definition) is 3. The minimum Gasteiger partial charge on any atom is -0.291 e. The van der Waals surface area contributed by atoms with Crippen LogP contribution in [0.15, 0.2) is 24.3 Å². The van der Waals surface area contributed by atoms with E-state index in [9.17, 15) is 14.0 Å². The SMILES string of the molecule is CC1CCCN(C2CC(=O)N(c3ccc(F)cc3)C2=O)C1. The summed E-state index contributed by atoms with van der Waals surface area (Å²) in [5.74, 6) is -0.198. The highest BCUT2D eigenvalue weighted by molar-refractivity contribution is 6.22. The van der Waals surface area contributed by atoms with Crippen molar-refractivity contribution in [3.8, 4) is 0 Å². The van der Waals surface area contributed by atoms with Crippen LogP contribution in [0, 0.1) is 11.7 Å². The van der Waals surface area contributed by atoms with Gasteiger partial charge in [0.25, 0.3) is 5.91 Å². The first-order valence-corrected chi connectivity index (χ1v) is 7.42. The van der Waals surface area contributed by atoms with Crippen molar-refractivity contribution in [2.24, 2.45) is 5.92 Å². The summed E-state index contributed by atoms with van der Waals surface area (Å²) >= 11 is 0. The van der Waals surface area contributed by atoms with Crippen LogP contribution in [0.4, 0.5) is 10.1 Å². The zero-order chi connectivity index (χ0) is 15.0. The molecule has 2 unspecified atom stereocenters. The molecule has 3 rings (SSSR count). The topological polar surface area (TPSA) is 40.6 Å². The number of rotatable bonds is 2. The molecule has 2 aliphatic heterocycles. The smallest absolute Gasteiger partial charge is 0.251 e. The monoisotopic (exact) mass is 290 g/mol. The van der Waals surface area contributed by atoms with Gasteiger partial charge in [-0.25, -0.2) is 9.29 Å². The van der Waals surface area contributed by atoms with E-state index in [0.29, 0.717) is 11.6 Å². The summed E-state index contributed by atoms with van der Waals surface area (Å²) in [6.07, 6.45) is 2.46. The van der Waals surface area contributed by atoms with Crippen LogP contribution in [0.3, 0.4) is 0 Å².